The van der Waals surface area contributed by atoms with Gasteiger partial charge < -0.3 is 15.4 Å². The fourth-order valence-electron chi connectivity index (χ4n) is 2.94. The van der Waals surface area contributed by atoms with Gasteiger partial charge in [0.05, 0.1) is 18.7 Å². The molecule has 2 N–H and O–H groups in total. The quantitative estimate of drug-likeness (QED) is 0.899. The first kappa shape index (κ1) is 14.7. The van der Waals surface area contributed by atoms with Crippen LogP contribution in [0.25, 0.3) is 0 Å². The van der Waals surface area contributed by atoms with Gasteiger partial charge in [-0.3, -0.25) is 4.99 Å². The Morgan fingerprint density at radius 2 is 2.10 bits per heavy atom. The van der Waals surface area contributed by atoms with Crippen molar-refractivity contribution < 1.29 is 4.74 Å². The van der Waals surface area contributed by atoms with Crippen molar-refractivity contribution in [1.82, 2.24) is 4.90 Å². The number of nitrogens with two attached hydrogens (primary N) is 1. The third kappa shape index (κ3) is 2.35. The Morgan fingerprint density at radius 1 is 1.40 bits per heavy atom. The minimum atomic E-state index is -0.231. The molecule has 20 heavy (non-hydrogen) atoms. The molecule has 0 bridgehead atoms. The van der Waals surface area contributed by atoms with Crippen LogP contribution in [0, 0.1) is 0 Å². The number of nitrogens with zero attached hydrogens (tertiary/aromatic N) is 2. The van der Waals surface area contributed by atoms with Gasteiger partial charge in [0, 0.05) is 11.6 Å². The summed E-state index contributed by atoms with van der Waals surface area (Å²) in [5.41, 5.74) is 7.06. The highest BCUT2D eigenvalue weighted by atomic mass is 16.5. The number of aliphatic imine (C=N–C) groups is 1. The summed E-state index contributed by atoms with van der Waals surface area (Å²) < 4.78 is 5.79. The smallest absolute Gasteiger partial charge is 0.192 e. The molecule has 4 heteroatoms. The molecule has 1 aliphatic heterocycles. The number of guanidine groups is 1. The molecule has 0 aromatic heterocycles. The summed E-state index contributed by atoms with van der Waals surface area (Å²) in [6.07, 6.45) is 1.03. The molecule has 1 aliphatic rings. The molecule has 0 amide bonds. The second kappa shape index (κ2) is 5.73. The van der Waals surface area contributed by atoms with E-state index >= 15 is 0 Å². The van der Waals surface area contributed by atoms with Crippen molar-refractivity contribution in [2.24, 2.45) is 10.7 Å². The zero-order chi connectivity index (χ0) is 14.8. The largest absolute Gasteiger partial charge is 0.494 e. The number of rotatable bonds is 5. The molecule has 110 valence electrons. The van der Waals surface area contributed by atoms with Gasteiger partial charge in [-0.2, -0.15) is 0 Å². The fraction of sp³-hybridized carbons (Fsp3) is 0.562. The van der Waals surface area contributed by atoms with Crippen molar-refractivity contribution in [2.75, 3.05) is 13.2 Å². The Labute approximate surface area is 121 Å². The van der Waals surface area contributed by atoms with Crippen LogP contribution in [0.5, 0.6) is 5.75 Å². The first-order valence-corrected chi connectivity index (χ1v) is 7.36. The number of hydrogen-bond donors (Lipinski definition) is 1. The lowest BCUT2D eigenvalue weighted by Gasteiger charge is -2.41. The van der Waals surface area contributed by atoms with Gasteiger partial charge in [-0.05, 0) is 33.3 Å². The molecule has 0 aliphatic carbocycles. The molecule has 0 spiro atoms. The van der Waals surface area contributed by atoms with Gasteiger partial charge in [0.2, 0.25) is 0 Å². The third-order valence-corrected chi connectivity index (χ3v) is 4.13. The molecule has 1 aromatic rings. The number of benzene rings is 1. The average molecular weight is 275 g/mol. The molecule has 0 radical (unpaired) electrons. The molecular formula is C16H25N3O. The number of ether oxygens (including phenoxy) is 1. The van der Waals surface area contributed by atoms with Crippen molar-refractivity contribution >= 4 is 5.96 Å². The van der Waals surface area contributed by atoms with Crippen LogP contribution in [0.4, 0.5) is 0 Å². The van der Waals surface area contributed by atoms with E-state index in [9.17, 15) is 0 Å². The van der Waals surface area contributed by atoms with Gasteiger partial charge in [0.15, 0.2) is 5.96 Å². The SMILES string of the molecule is CCOc1ccccc1C1(C)CN=C(N)N1C(C)CC. The van der Waals surface area contributed by atoms with Crippen molar-refractivity contribution in [2.45, 2.75) is 45.7 Å². The van der Waals surface area contributed by atoms with E-state index in [1.807, 2.05) is 25.1 Å². The predicted octanol–water partition coefficient (Wildman–Crippen LogP) is 2.73. The summed E-state index contributed by atoms with van der Waals surface area (Å²) in [5.74, 6) is 1.56. The van der Waals surface area contributed by atoms with Crippen LogP contribution in [-0.2, 0) is 5.54 Å². The van der Waals surface area contributed by atoms with Crippen molar-refractivity contribution in [3.63, 3.8) is 0 Å². The van der Waals surface area contributed by atoms with E-state index in [-0.39, 0.29) is 5.54 Å². The highest BCUT2D eigenvalue weighted by molar-refractivity contribution is 5.81. The van der Waals surface area contributed by atoms with E-state index in [4.69, 9.17) is 10.5 Å². The Hall–Kier alpha value is -1.71. The molecule has 1 heterocycles. The summed E-state index contributed by atoms with van der Waals surface area (Å²) >= 11 is 0. The molecule has 2 atom stereocenters. The van der Waals surface area contributed by atoms with Gasteiger partial charge in [-0.1, -0.05) is 25.1 Å². The van der Waals surface area contributed by atoms with Gasteiger partial charge in [0.1, 0.15) is 5.75 Å². The van der Waals surface area contributed by atoms with Crippen molar-refractivity contribution in [3.05, 3.63) is 29.8 Å². The van der Waals surface area contributed by atoms with Crippen LogP contribution in [-0.4, -0.2) is 30.1 Å². The highest BCUT2D eigenvalue weighted by Gasteiger charge is 2.43. The molecule has 2 rings (SSSR count). The van der Waals surface area contributed by atoms with Gasteiger partial charge in [0.25, 0.3) is 0 Å². The van der Waals surface area contributed by atoms with E-state index < -0.39 is 0 Å². The summed E-state index contributed by atoms with van der Waals surface area (Å²) in [4.78, 5) is 6.71. The molecular weight excluding hydrogens is 250 g/mol. The van der Waals surface area contributed by atoms with Crippen LogP contribution in [0.1, 0.15) is 39.7 Å². The van der Waals surface area contributed by atoms with Gasteiger partial charge in [-0.15, -0.1) is 0 Å². The monoisotopic (exact) mass is 275 g/mol. The standard InChI is InChI=1S/C16H25N3O/c1-5-12(3)19-15(17)18-11-16(19,4)13-9-7-8-10-14(13)20-6-2/h7-10,12H,5-6,11H2,1-4H3,(H2,17,18). The van der Waals surface area contributed by atoms with E-state index in [1.54, 1.807) is 0 Å². The second-order valence-corrected chi connectivity index (χ2v) is 5.50. The van der Waals surface area contributed by atoms with Crippen LogP contribution in [0.2, 0.25) is 0 Å². The Morgan fingerprint density at radius 3 is 2.75 bits per heavy atom. The molecule has 0 saturated heterocycles. The molecule has 0 saturated carbocycles. The molecule has 0 fully saturated rings. The minimum Gasteiger partial charge on any atom is -0.494 e. The van der Waals surface area contributed by atoms with Crippen LogP contribution >= 0.6 is 0 Å². The predicted molar refractivity (Wildman–Crippen MR) is 83.0 cm³/mol. The maximum Gasteiger partial charge on any atom is 0.192 e. The van der Waals surface area contributed by atoms with E-state index in [1.165, 1.54) is 0 Å². The summed E-state index contributed by atoms with van der Waals surface area (Å²) in [6.45, 7) is 9.89. The first-order valence-electron chi connectivity index (χ1n) is 7.36. The first-order chi connectivity index (χ1) is 9.54. The lowest BCUT2D eigenvalue weighted by Crippen LogP contribution is -2.51. The lowest BCUT2D eigenvalue weighted by molar-refractivity contribution is 0.165. The van der Waals surface area contributed by atoms with Gasteiger partial charge in [-0.25, -0.2) is 0 Å². The molecule has 1 aromatic carbocycles. The summed E-state index contributed by atoms with van der Waals surface area (Å²) in [7, 11) is 0. The van der Waals surface area contributed by atoms with Crippen LogP contribution in [0.15, 0.2) is 29.3 Å². The molecule has 2 unspecified atom stereocenters. The van der Waals surface area contributed by atoms with E-state index in [2.05, 4.69) is 36.7 Å². The Kier molecular flexibility index (Phi) is 4.21. The fourth-order valence-corrected chi connectivity index (χ4v) is 2.94. The highest BCUT2D eigenvalue weighted by Crippen LogP contribution is 2.39. The van der Waals surface area contributed by atoms with Crippen molar-refractivity contribution in [1.29, 1.82) is 0 Å². The Bertz CT molecular complexity index is 500. The van der Waals surface area contributed by atoms with E-state index in [0.717, 1.165) is 17.7 Å². The lowest BCUT2D eigenvalue weighted by atomic mass is 9.89. The van der Waals surface area contributed by atoms with Crippen LogP contribution in [0.3, 0.4) is 0 Å². The summed E-state index contributed by atoms with van der Waals surface area (Å²) in [5, 5.41) is 0. The third-order valence-electron chi connectivity index (χ3n) is 4.13. The van der Waals surface area contributed by atoms with Crippen molar-refractivity contribution in [3.8, 4) is 5.75 Å². The molecule has 4 nitrogen and oxygen atoms in total. The zero-order valence-electron chi connectivity index (χ0n) is 12.9. The Balaban J connectivity index is 2.44. The number of hydrogen-bond acceptors (Lipinski definition) is 4. The topological polar surface area (TPSA) is 50.9 Å². The average Bonchev–Trinajstić information content (AvgIpc) is 2.76. The number of para-hydroxylation sites is 1. The second-order valence-electron chi connectivity index (χ2n) is 5.50. The maximum atomic E-state index is 6.13. The minimum absolute atomic E-state index is 0.231. The summed E-state index contributed by atoms with van der Waals surface area (Å²) in [6, 6.07) is 8.54. The normalized spacial score (nSPS) is 23.6. The van der Waals surface area contributed by atoms with Gasteiger partial charge >= 0.3 is 0 Å². The maximum absolute atomic E-state index is 6.13. The van der Waals surface area contributed by atoms with Crippen LogP contribution < -0.4 is 10.5 Å². The zero-order valence-corrected chi connectivity index (χ0v) is 12.9. The van der Waals surface area contributed by atoms with E-state index in [0.29, 0.717) is 25.2 Å².